The molecule has 1 atom stereocenters. The third kappa shape index (κ3) is 4.24. The Balaban J connectivity index is 1.27. The molecule has 0 saturated carbocycles. The summed E-state index contributed by atoms with van der Waals surface area (Å²) >= 11 is 0. The van der Waals surface area contributed by atoms with Gasteiger partial charge in [0.1, 0.15) is 6.04 Å². The molecule has 3 heterocycles. The molecule has 36 heavy (non-hydrogen) atoms. The van der Waals surface area contributed by atoms with Gasteiger partial charge in [-0.25, -0.2) is 0 Å². The number of nitrogens with zero attached hydrogens (tertiary/aromatic N) is 3. The van der Waals surface area contributed by atoms with Crippen LogP contribution in [0.3, 0.4) is 0 Å². The minimum atomic E-state index is -0.977. The van der Waals surface area contributed by atoms with Gasteiger partial charge in [-0.2, -0.15) is 0 Å². The molecule has 5 rings (SSSR count). The van der Waals surface area contributed by atoms with Crippen LogP contribution in [0.4, 0.5) is 5.69 Å². The van der Waals surface area contributed by atoms with E-state index in [0.29, 0.717) is 35.5 Å². The molecule has 0 aliphatic carbocycles. The normalized spacial score (nSPS) is 20.4. The van der Waals surface area contributed by atoms with E-state index < -0.39 is 29.7 Å². The SMILES string of the molecule is CNC(=O)c1ccc(CN2CCN(c3cccc4c3C(=O)N(C3CCC(=O)NC3=O)C4=O)CC2)cc1. The van der Waals surface area contributed by atoms with Gasteiger partial charge in [-0.05, 0) is 36.2 Å². The highest BCUT2D eigenvalue weighted by atomic mass is 16.2. The van der Waals surface area contributed by atoms with Crippen LogP contribution < -0.4 is 15.5 Å². The fourth-order valence-corrected chi connectivity index (χ4v) is 5.07. The van der Waals surface area contributed by atoms with Crippen LogP contribution in [0.25, 0.3) is 0 Å². The predicted molar refractivity (Wildman–Crippen MR) is 130 cm³/mol. The first-order chi connectivity index (χ1) is 17.4. The number of hydrogen-bond donors (Lipinski definition) is 2. The third-order valence-electron chi connectivity index (χ3n) is 7.01. The van der Waals surface area contributed by atoms with Crippen LogP contribution in [0.5, 0.6) is 0 Å². The lowest BCUT2D eigenvalue weighted by Gasteiger charge is -2.36. The van der Waals surface area contributed by atoms with E-state index in [1.165, 1.54) is 0 Å². The molecule has 0 spiro atoms. The van der Waals surface area contributed by atoms with E-state index in [-0.39, 0.29) is 18.7 Å². The van der Waals surface area contributed by atoms with Gasteiger partial charge in [-0.3, -0.25) is 39.1 Å². The quantitative estimate of drug-likeness (QED) is 0.596. The van der Waals surface area contributed by atoms with E-state index in [1.54, 1.807) is 19.2 Å². The Morgan fingerprint density at radius 1 is 0.972 bits per heavy atom. The van der Waals surface area contributed by atoms with Crippen molar-refractivity contribution in [3.63, 3.8) is 0 Å². The molecule has 0 radical (unpaired) electrons. The number of fused-ring (bicyclic) bond motifs is 1. The number of carbonyl (C=O) groups excluding carboxylic acids is 5. The van der Waals surface area contributed by atoms with Gasteiger partial charge in [0.05, 0.1) is 16.8 Å². The molecule has 0 aromatic heterocycles. The minimum Gasteiger partial charge on any atom is -0.368 e. The van der Waals surface area contributed by atoms with Crippen LogP contribution in [0.15, 0.2) is 42.5 Å². The molecule has 2 N–H and O–H groups in total. The van der Waals surface area contributed by atoms with Gasteiger partial charge in [0, 0.05) is 51.8 Å². The van der Waals surface area contributed by atoms with E-state index >= 15 is 0 Å². The van der Waals surface area contributed by atoms with Gasteiger partial charge < -0.3 is 10.2 Å². The molecule has 2 aromatic rings. The topological polar surface area (TPSA) is 119 Å². The van der Waals surface area contributed by atoms with E-state index in [4.69, 9.17) is 0 Å². The average molecular weight is 490 g/mol. The van der Waals surface area contributed by atoms with Gasteiger partial charge in [0.25, 0.3) is 17.7 Å². The summed E-state index contributed by atoms with van der Waals surface area (Å²) in [6.45, 7) is 3.62. The van der Waals surface area contributed by atoms with E-state index in [2.05, 4.69) is 20.4 Å². The summed E-state index contributed by atoms with van der Waals surface area (Å²) in [7, 11) is 1.60. The second-order valence-corrected chi connectivity index (χ2v) is 9.19. The monoisotopic (exact) mass is 489 g/mol. The van der Waals surface area contributed by atoms with Crippen molar-refractivity contribution in [2.24, 2.45) is 0 Å². The van der Waals surface area contributed by atoms with Crippen molar-refractivity contribution in [1.82, 2.24) is 20.4 Å². The lowest BCUT2D eigenvalue weighted by atomic mass is 10.0. The maximum atomic E-state index is 13.4. The second kappa shape index (κ2) is 9.54. The minimum absolute atomic E-state index is 0.0904. The van der Waals surface area contributed by atoms with Crippen molar-refractivity contribution >= 4 is 35.2 Å². The second-order valence-electron chi connectivity index (χ2n) is 9.19. The van der Waals surface area contributed by atoms with E-state index in [9.17, 15) is 24.0 Å². The zero-order chi connectivity index (χ0) is 25.4. The molecule has 3 aliphatic rings. The molecular weight excluding hydrogens is 462 g/mol. The van der Waals surface area contributed by atoms with Crippen molar-refractivity contribution in [2.75, 3.05) is 38.1 Å². The Kier molecular flexibility index (Phi) is 6.27. The third-order valence-corrected chi connectivity index (χ3v) is 7.01. The standard InChI is InChI=1S/C26H27N5O5/c1-27-23(33)17-7-5-16(6-8-17)15-29-11-13-30(14-12-29)19-4-2-3-18-22(19)26(36)31(25(18)35)20-9-10-21(32)28-24(20)34/h2-8,20H,9-15H2,1H3,(H,27,33)(H,28,32,34). The first-order valence-corrected chi connectivity index (χ1v) is 12.0. The van der Waals surface area contributed by atoms with Crippen molar-refractivity contribution in [1.29, 1.82) is 0 Å². The number of anilines is 1. The van der Waals surface area contributed by atoms with Gasteiger partial charge in [-0.1, -0.05) is 18.2 Å². The Morgan fingerprint density at radius 3 is 2.36 bits per heavy atom. The smallest absolute Gasteiger partial charge is 0.264 e. The Labute approximate surface area is 208 Å². The molecule has 2 aromatic carbocycles. The van der Waals surface area contributed by atoms with Crippen LogP contribution in [-0.4, -0.2) is 78.6 Å². The van der Waals surface area contributed by atoms with E-state index in [1.807, 2.05) is 30.3 Å². The summed E-state index contributed by atoms with van der Waals surface area (Å²) < 4.78 is 0. The van der Waals surface area contributed by atoms with Crippen LogP contribution in [0, 0.1) is 0 Å². The van der Waals surface area contributed by atoms with Crippen molar-refractivity contribution in [2.45, 2.75) is 25.4 Å². The molecule has 10 heteroatoms. The summed E-state index contributed by atoms with van der Waals surface area (Å²) in [5, 5.41) is 4.84. The van der Waals surface area contributed by atoms with Gasteiger partial charge in [-0.15, -0.1) is 0 Å². The molecule has 2 fully saturated rings. The van der Waals surface area contributed by atoms with Crippen LogP contribution in [0.2, 0.25) is 0 Å². The molecular formula is C26H27N5O5. The summed E-state index contributed by atoms with van der Waals surface area (Å²) in [6, 6.07) is 11.8. The molecule has 5 amide bonds. The maximum absolute atomic E-state index is 13.4. The fraction of sp³-hybridized carbons (Fsp3) is 0.346. The van der Waals surface area contributed by atoms with E-state index in [0.717, 1.165) is 30.1 Å². The molecule has 186 valence electrons. The Bertz CT molecular complexity index is 1250. The summed E-state index contributed by atoms with van der Waals surface area (Å²) in [5.41, 5.74) is 3.04. The molecule has 10 nitrogen and oxygen atoms in total. The van der Waals surface area contributed by atoms with Crippen LogP contribution >= 0.6 is 0 Å². The summed E-state index contributed by atoms with van der Waals surface area (Å²) in [5.74, 6) is -2.10. The number of imide groups is 2. The Hall–Kier alpha value is -4.05. The first-order valence-electron chi connectivity index (χ1n) is 12.0. The number of piperazine rings is 1. The lowest BCUT2D eigenvalue weighted by Crippen LogP contribution is -2.54. The van der Waals surface area contributed by atoms with Gasteiger partial charge in [0.2, 0.25) is 11.8 Å². The first kappa shape index (κ1) is 23.7. The average Bonchev–Trinajstić information content (AvgIpc) is 3.14. The number of rotatable bonds is 5. The predicted octanol–water partition coefficient (Wildman–Crippen LogP) is 0.770. The number of carbonyl (C=O) groups is 5. The zero-order valence-electron chi connectivity index (χ0n) is 20.0. The molecule has 0 bridgehead atoms. The highest BCUT2D eigenvalue weighted by molar-refractivity contribution is 6.25. The number of hydrogen-bond acceptors (Lipinski definition) is 7. The van der Waals surface area contributed by atoms with Gasteiger partial charge in [0.15, 0.2) is 0 Å². The maximum Gasteiger partial charge on any atom is 0.264 e. The van der Waals surface area contributed by atoms with Gasteiger partial charge >= 0.3 is 0 Å². The highest BCUT2D eigenvalue weighted by Crippen LogP contribution is 2.34. The fourth-order valence-electron chi connectivity index (χ4n) is 5.07. The molecule has 1 unspecified atom stereocenters. The van der Waals surface area contributed by atoms with Crippen LogP contribution in [-0.2, 0) is 16.1 Å². The van der Waals surface area contributed by atoms with Crippen molar-refractivity contribution in [3.05, 3.63) is 64.7 Å². The van der Waals surface area contributed by atoms with Crippen molar-refractivity contribution < 1.29 is 24.0 Å². The molecule has 2 saturated heterocycles. The summed E-state index contributed by atoms with van der Waals surface area (Å²) in [6.07, 6.45) is 0.224. The number of nitrogens with one attached hydrogen (secondary N) is 2. The largest absolute Gasteiger partial charge is 0.368 e. The molecule has 3 aliphatic heterocycles. The zero-order valence-corrected chi connectivity index (χ0v) is 20.0. The Morgan fingerprint density at radius 2 is 1.69 bits per heavy atom. The van der Waals surface area contributed by atoms with Crippen molar-refractivity contribution in [3.8, 4) is 0 Å². The van der Waals surface area contributed by atoms with Crippen LogP contribution in [0.1, 0.15) is 49.5 Å². The number of piperidine rings is 1. The lowest BCUT2D eigenvalue weighted by molar-refractivity contribution is -0.136. The number of benzene rings is 2. The highest BCUT2D eigenvalue weighted by Gasteiger charge is 2.46. The summed E-state index contributed by atoms with van der Waals surface area (Å²) in [4.78, 5) is 67.5. The number of amides is 5.